The average molecular weight is 256 g/mol. The molecular formula is C13H24N2O3. The first kappa shape index (κ1) is 14.8. The SMILES string of the molecule is CCCC(NC(=O)NCCC1CCCC1)C(=O)O. The molecule has 1 saturated carbocycles. The largest absolute Gasteiger partial charge is 0.480 e. The zero-order valence-corrected chi connectivity index (χ0v) is 11.1. The van der Waals surface area contributed by atoms with Crippen LogP contribution in [0.5, 0.6) is 0 Å². The van der Waals surface area contributed by atoms with Crippen LogP contribution in [-0.4, -0.2) is 29.7 Å². The van der Waals surface area contributed by atoms with Gasteiger partial charge < -0.3 is 15.7 Å². The van der Waals surface area contributed by atoms with E-state index in [-0.39, 0.29) is 6.03 Å². The van der Waals surface area contributed by atoms with E-state index in [4.69, 9.17) is 5.11 Å². The molecular weight excluding hydrogens is 232 g/mol. The number of carbonyl (C=O) groups is 2. The van der Waals surface area contributed by atoms with Gasteiger partial charge in [0.05, 0.1) is 0 Å². The fourth-order valence-corrected chi connectivity index (χ4v) is 2.44. The van der Waals surface area contributed by atoms with Crippen molar-refractivity contribution in [2.75, 3.05) is 6.54 Å². The summed E-state index contributed by atoms with van der Waals surface area (Å²) in [5, 5.41) is 14.1. The zero-order valence-electron chi connectivity index (χ0n) is 11.1. The van der Waals surface area contributed by atoms with E-state index in [1.165, 1.54) is 25.7 Å². The molecule has 1 rings (SSSR count). The van der Waals surface area contributed by atoms with Crippen LogP contribution in [0.2, 0.25) is 0 Å². The average Bonchev–Trinajstić information content (AvgIpc) is 2.81. The highest BCUT2D eigenvalue weighted by Gasteiger charge is 2.19. The van der Waals surface area contributed by atoms with Crippen LogP contribution in [0.25, 0.3) is 0 Å². The van der Waals surface area contributed by atoms with E-state index in [1.54, 1.807) is 0 Å². The predicted octanol–water partition coefficient (Wildman–Crippen LogP) is 2.12. The van der Waals surface area contributed by atoms with Gasteiger partial charge in [-0.3, -0.25) is 0 Å². The lowest BCUT2D eigenvalue weighted by Gasteiger charge is -2.15. The summed E-state index contributed by atoms with van der Waals surface area (Å²) < 4.78 is 0. The van der Waals surface area contributed by atoms with E-state index in [0.717, 1.165) is 18.8 Å². The highest BCUT2D eigenvalue weighted by atomic mass is 16.4. The number of urea groups is 1. The summed E-state index contributed by atoms with van der Waals surface area (Å²) in [6.45, 7) is 2.53. The van der Waals surface area contributed by atoms with E-state index in [1.807, 2.05) is 6.92 Å². The second-order valence-corrected chi connectivity index (χ2v) is 5.02. The predicted molar refractivity (Wildman–Crippen MR) is 69.4 cm³/mol. The Balaban J connectivity index is 2.16. The Morgan fingerprint density at radius 3 is 2.56 bits per heavy atom. The second kappa shape index (κ2) is 7.95. The zero-order chi connectivity index (χ0) is 13.4. The monoisotopic (exact) mass is 256 g/mol. The summed E-state index contributed by atoms with van der Waals surface area (Å²) in [6, 6.07) is -1.14. The molecule has 18 heavy (non-hydrogen) atoms. The lowest BCUT2D eigenvalue weighted by Crippen LogP contribution is -2.46. The van der Waals surface area contributed by atoms with Crippen LogP contribution >= 0.6 is 0 Å². The quantitative estimate of drug-likeness (QED) is 0.653. The molecule has 5 nitrogen and oxygen atoms in total. The number of hydrogen-bond donors (Lipinski definition) is 3. The van der Waals surface area contributed by atoms with Crippen molar-refractivity contribution in [3.63, 3.8) is 0 Å². The molecule has 0 heterocycles. The summed E-state index contributed by atoms with van der Waals surface area (Å²) in [4.78, 5) is 22.4. The van der Waals surface area contributed by atoms with Gasteiger partial charge in [0.2, 0.25) is 0 Å². The van der Waals surface area contributed by atoms with Crippen molar-refractivity contribution < 1.29 is 14.7 Å². The van der Waals surface area contributed by atoms with E-state index in [2.05, 4.69) is 10.6 Å². The fraction of sp³-hybridized carbons (Fsp3) is 0.846. The number of carbonyl (C=O) groups excluding carboxylic acids is 1. The van der Waals surface area contributed by atoms with E-state index < -0.39 is 12.0 Å². The number of aliphatic carboxylic acids is 1. The topological polar surface area (TPSA) is 78.4 Å². The maximum atomic E-state index is 11.5. The smallest absolute Gasteiger partial charge is 0.326 e. The summed E-state index contributed by atoms with van der Waals surface area (Å²) >= 11 is 0. The number of rotatable bonds is 7. The molecule has 0 aromatic heterocycles. The molecule has 2 amide bonds. The van der Waals surface area contributed by atoms with Crippen LogP contribution in [0.15, 0.2) is 0 Å². The Labute approximate surface area is 108 Å². The molecule has 1 unspecified atom stereocenters. The van der Waals surface area contributed by atoms with Gasteiger partial charge in [0.25, 0.3) is 0 Å². The molecule has 0 saturated heterocycles. The standard InChI is InChI=1S/C13H24N2O3/c1-2-5-11(12(16)17)15-13(18)14-9-8-10-6-3-4-7-10/h10-11H,2-9H2,1H3,(H,16,17)(H2,14,15,18). The van der Waals surface area contributed by atoms with Crippen LogP contribution in [0, 0.1) is 5.92 Å². The van der Waals surface area contributed by atoms with Gasteiger partial charge in [0, 0.05) is 6.54 Å². The van der Waals surface area contributed by atoms with Gasteiger partial charge in [-0.2, -0.15) is 0 Å². The third-order valence-corrected chi connectivity index (χ3v) is 3.49. The van der Waals surface area contributed by atoms with E-state index >= 15 is 0 Å². The van der Waals surface area contributed by atoms with Crippen molar-refractivity contribution in [2.45, 2.75) is 57.9 Å². The van der Waals surface area contributed by atoms with Crippen LogP contribution in [-0.2, 0) is 4.79 Å². The molecule has 0 aliphatic heterocycles. The summed E-state index contributed by atoms with van der Waals surface area (Å²) in [5.41, 5.74) is 0. The third kappa shape index (κ3) is 5.38. The summed E-state index contributed by atoms with van der Waals surface area (Å²) in [6.07, 6.45) is 7.32. The Bertz CT molecular complexity index is 275. The van der Waals surface area contributed by atoms with Crippen molar-refractivity contribution in [1.29, 1.82) is 0 Å². The second-order valence-electron chi connectivity index (χ2n) is 5.02. The van der Waals surface area contributed by atoms with Crippen molar-refractivity contribution >= 4 is 12.0 Å². The first-order chi connectivity index (χ1) is 8.63. The van der Waals surface area contributed by atoms with Gasteiger partial charge in [-0.1, -0.05) is 39.0 Å². The molecule has 3 N–H and O–H groups in total. The Kier molecular flexibility index (Phi) is 6.54. The number of amides is 2. The number of carboxylic acid groups (broad SMARTS) is 1. The molecule has 1 aliphatic rings. The molecule has 0 radical (unpaired) electrons. The van der Waals surface area contributed by atoms with Gasteiger partial charge in [0.15, 0.2) is 0 Å². The van der Waals surface area contributed by atoms with Crippen LogP contribution in [0.3, 0.4) is 0 Å². The van der Waals surface area contributed by atoms with Gasteiger partial charge in [-0.15, -0.1) is 0 Å². The highest BCUT2D eigenvalue weighted by Crippen LogP contribution is 2.26. The van der Waals surface area contributed by atoms with Crippen molar-refractivity contribution in [3.8, 4) is 0 Å². The molecule has 1 atom stereocenters. The Morgan fingerprint density at radius 1 is 1.33 bits per heavy atom. The Morgan fingerprint density at radius 2 is 2.00 bits per heavy atom. The first-order valence-corrected chi connectivity index (χ1v) is 6.90. The minimum absolute atomic E-state index is 0.367. The third-order valence-electron chi connectivity index (χ3n) is 3.49. The molecule has 1 aliphatic carbocycles. The van der Waals surface area contributed by atoms with E-state index in [9.17, 15) is 9.59 Å². The minimum Gasteiger partial charge on any atom is -0.480 e. The maximum Gasteiger partial charge on any atom is 0.326 e. The van der Waals surface area contributed by atoms with Crippen LogP contribution < -0.4 is 10.6 Å². The molecule has 104 valence electrons. The van der Waals surface area contributed by atoms with Gasteiger partial charge in [0.1, 0.15) is 6.04 Å². The van der Waals surface area contributed by atoms with Crippen molar-refractivity contribution in [3.05, 3.63) is 0 Å². The van der Waals surface area contributed by atoms with Gasteiger partial charge >= 0.3 is 12.0 Å². The molecule has 5 heteroatoms. The van der Waals surface area contributed by atoms with Crippen molar-refractivity contribution in [1.82, 2.24) is 10.6 Å². The molecule has 0 spiro atoms. The van der Waals surface area contributed by atoms with Crippen LogP contribution in [0.1, 0.15) is 51.9 Å². The number of carboxylic acids is 1. The summed E-state index contributed by atoms with van der Waals surface area (Å²) in [5.74, 6) is -0.237. The Hall–Kier alpha value is -1.26. The molecule has 0 aromatic carbocycles. The number of hydrogen-bond acceptors (Lipinski definition) is 2. The normalized spacial score (nSPS) is 17.4. The molecule has 0 bridgehead atoms. The van der Waals surface area contributed by atoms with Gasteiger partial charge in [-0.25, -0.2) is 9.59 Å². The summed E-state index contributed by atoms with van der Waals surface area (Å²) in [7, 11) is 0. The molecule has 0 aromatic rings. The minimum atomic E-state index is -0.970. The maximum absolute atomic E-state index is 11.5. The lowest BCUT2D eigenvalue weighted by molar-refractivity contribution is -0.139. The van der Waals surface area contributed by atoms with E-state index in [0.29, 0.717) is 13.0 Å². The van der Waals surface area contributed by atoms with Crippen LogP contribution in [0.4, 0.5) is 4.79 Å². The lowest BCUT2D eigenvalue weighted by atomic mass is 10.0. The molecule has 1 fully saturated rings. The van der Waals surface area contributed by atoms with Crippen molar-refractivity contribution in [2.24, 2.45) is 5.92 Å². The number of nitrogens with one attached hydrogen (secondary N) is 2. The van der Waals surface area contributed by atoms with Gasteiger partial charge in [-0.05, 0) is 18.8 Å². The fourth-order valence-electron chi connectivity index (χ4n) is 2.44. The highest BCUT2D eigenvalue weighted by molar-refractivity contribution is 5.82. The first-order valence-electron chi connectivity index (χ1n) is 6.90.